The molecule has 2 atom stereocenters. The SMILES string of the molecule is CC(Cn1cccn1)NC1CCCC1(C)C. The lowest BCUT2D eigenvalue weighted by Gasteiger charge is -2.30. The van der Waals surface area contributed by atoms with Gasteiger partial charge in [0.1, 0.15) is 0 Å². The van der Waals surface area contributed by atoms with E-state index in [0.717, 1.165) is 6.54 Å². The summed E-state index contributed by atoms with van der Waals surface area (Å²) in [6.07, 6.45) is 7.89. The maximum absolute atomic E-state index is 4.24. The van der Waals surface area contributed by atoms with Crippen LogP contribution in [0.2, 0.25) is 0 Å². The summed E-state index contributed by atoms with van der Waals surface area (Å²) in [6.45, 7) is 7.95. The molecule has 0 aromatic carbocycles. The number of rotatable bonds is 4. The summed E-state index contributed by atoms with van der Waals surface area (Å²) in [6, 6.07) is 3.13. The van der Waals surface area contributed by atoms with Crippen LogP contribution in [0.1, 0.15) is 40.0 Å². The average molecular weight is 221 g/mol. The Bertz CT molecular complexity index is 316. The fraction of sp³-hybridized carbons (Fsp3) is 0.769. The molecule has 1 saturated carbocycles. The van der Waals surface area contributed by atoms with Gasteiger partial charge in [0.2, 0.25) is 0 Å². The van der Waals surface area contributed by atoms with Gasteiger partial charge in [0.15, 0.2) is 0 Å². The van der Waals surface area contributed by atoms with Crippen molar-refractivity contribution in [1.29, 1.82) is 0 Å². The van der Waals surface area contributed by atoms with Crippen LogP contribution in [0.5, 0.6) is 0 Å². The summed E-state index contributed by atoms with van der Waals surface area (Å²) in [5.74, 6) is 0. The van der Waals surface area contributed by atoms with Gasteiger partial charge >= 0.3 is 0 Å². The van der Waals surface area contributed by atoms with Crippen molar-refractivity contribution in [3.63, 3.8) is 0 Å². The fourth-order valence-electron chi connectivity index (χ4n) is 2.72. The van der Waals surface area contributed by atoms with Crippen LogP contribution in [0.3, 0.4) is 0 Å². The number of aromatic nitrogens is 2. The van der Waals surface area contributed by atoms with Crippen LogP contribution in [-0.2, 0) is 6.54 Å². The lowest BCUT2D eigenvalue weighted by molar-refractivity contribution is 0.255. The molecular weight excluding hydrogens is 198 g/mol. The van der Waals surface area contributed by atoms with Crippen LogP contribution >= 0.6 is 0 Å². The van der Waals surface area contributed by atoms with Crippen molar-refractivity contribution < 1.29 is 0 Å². The minimum atomic E-state index is 0.457. The van der Waals surface area contributed by atoms with Crippen LogP contribution in [-0.4, -0.2) is 21.9 Å². The third-order valence-corrected chi connectivity index (χ3v) is 3.76. The Morgan fingerprint density at radius 3 is 2.94 bits per heavy atom. The van der Waals surface area contributed by atoms with Crippen molar-refractivity contribution in [2.45, 2.75) is 58.7 Å². The molecular formula is C13H23N3. The van der Waals surface area contributed by atoms with Gasteiger partial charge < -0.3 is 5.32 Å². The summed E-state index contributed by atoms with van der Waals surface area (Å²) in [5.41, 5.74) is 0.457. The first-order chi connectivity index (χ1) is 7.58. The minimum Gasteiger partial charge on any atom is -0.309 e. The number of nitrogens with one attached hydrogen (secondary N) is 1. The molecule has 1 aliphatic rings. The summed E-state index contributed by atoms with van der Waals surface area (Å²) in [7, 11) is 0. The predicted octanol–water partition coefficient (Wildman–Crippen LogP) is 2.44. The average Bonchev–Trinajstić information content (AvgIpc) is 2.78. The van der Waals surface area contributed by atoms with E-state index in [2.05, 4.69) is 31.2 Å². The van der Waals surface area contributed by atoms with E-state index < -0.39 is 0 Å². The molecule has 1 aromatic heterocycles. The van der Waals surface area contributed by atoms with E-state index in [9.17, 15) is 0 Å². The van der Waals surface area contributed by atoms with Gasteiger partial charge in [-0.15, -0.1) is 0 Å². The molecule has 1 aliphatic carbocycles. The molecule has 0 spiro atoms. The highest BCUT2D eigenvalue weighted by Gasteiger charge is 2.34. The van der Waals surface area contributed by atoms with Gasteiger partial charge in [0.05, 0.1) is 6.54 Å². The molecule has 16 heavy (non-hydrogen) atoms. The fourth-order valence-corrected chi connectivity index (χ4v) is 2.72. The Morgan fingerprint density at radius 2 is 2.38 bits per heavy atom. The molecule has 90 valence electrons. The Labute approximate surface area is 98.2 Å². The van der Waals surface area contributed by atoms with Crippen molar-refractivity contribution in [1.82, 2.24) is 15.1 Å². The van der Waals surface area contributed by atoms with Gasteiger partial charge in [-0.2, -0.15) is 5.10 Å². The van der Waals surface area contributed by atoms with E-state index in [1.165, 1.54) is 19.3 Å². The zero-order valence-electron chi connectivity index (χ0n) is 10.6. The second-order valence-electron chi connectivity index (χ2n) is 5.73. The lowest BCUT2D eigenvalue weighted by Crippen LogP contribution is -2.44. The van der Waals surface area contributed by atoms with Crippen LogP contribution in [0.4, 0.5) is 0 Å². The molecule has 2 unspecified atom stereocenters. The van der Waals surface area contributed by atoms with Gasteiger partial charge in [-0.05, 0) is 31.2 Å². The quantitative estimate of drug-likeness (QED) is 0.846. The molecule has 3 nitrogen and oxygen atoms in total. The van der Waals surface area contributed by atoms with E-state index in [4.69, 9.17) is 0 Å². The van der Waals surface area contributed by atoms with Crippen LogP contribution in [0, 0.1) is 5.41 Å². The van der Waals surface area contributed by atoms with Crippen molar-refractivity contribution >= 4 is 0 Å². The number of hydrogen-bond donors (Lipinski definition) is 1. The van der Waals surface area contributed by atoms with Crippen LogP contribution in [0.25, 0.3) is 0 Å². The van der Waals surface area contributed by atoms with Crippen molar-refractivity contribution in [3.05, 3.63) is 18.5 Å². The highest BCUT2D eigenvalue weighted by atomic mass is 15.3. The maximum Gasteiger partial charge on any atom is 0.0560 e. The van der Waals surface area contributed by atoms with Crippen molar-refractivity contribution in [2.75, 3.05) is 0 Å². The molecule has 1 fully saturated rings. The smallest absolute Gasteiger partial charge is 0.0560 e. The third kappa shape index (κ3) is 2.64. The zero-order valence-corrected chi connectivity index (χ0v) is 10.6. The molecule has 0 aliphatic heterocycles. The third-order valence-electron chi connectivity index (χ3n) is 3.76. The van der Waals surface area contributed by atoms with Gasteiger partial charge in [-0.1, -0.05) is 20.3 Å². The zero-order chi connectivity index (χ0) is 11.6. The minimum absolute atomic E-state index is 0.457. The molecule has 1 N–H and O–H groups in total. The molecule has 0 bridgehead atoms. The molecule has 1 aromatic rings. The van der Waals surface area contributed by atoms with E-state index in [1.807, 2.05) is 23.1 Å². The summed E-state index contributed by atoms with van der Waals surface area (Å²) in [5, 5.41) is 7.99. The van der Waals surface area contributed by atoms with Gasteiger partial charge in [-0.25, -0.2) is 0 Å². The van der Waals surface area contributed by atoms with Crippen molar-refractivity contribution in [3.8, 4) is 0 Å². The van der Waals surface area contributed by atoms with Crippen LogP contribution in [0.15, 0.2) is 18.5 Å². The highest BCUT2D eigenvalue weighted by molar-refractivity contribution is 4.91. The number of nitrogens with zero attached hydrogens (tertiary/aromatic N) is 2. The van der Waals surface area contributed by atoms with E-state index in [1.54, 1.807) is 0 Å². The largest absolute Gasteiger partial charge is 0.309 e. The molecule has 3 heteroatoms. The van der Waals surface area contributed by atoms with E-state index in [0.29, 0.717) is 17.5 Å². The summed E-state index contributed by atoms with van der Waals surface area (Å²) < 4.78 is 2.00. The molecule has 0 saturated heterocycles. The molecule has 2 rings (SSSR count). The Balaban J connectivity index is 1.85. The lowest BCUT2D eigenvalue weighted by atomic mass is 9.87. The molecule has 1 heterocycles. The monoisotopic (exact) mass is 221 g/mol. The second kappa shape index (κ2) is 4.58. The van der Waals surface area contributed by atoms with E-state index >= 15 is 0 Å². The topological polar surface area (TPSA) is 29.9 Å². The predicted molar refractivity (Wildman–Crippen MR) is 66.2 cm³/mol. The second-order valence-corrected chi connectivity index (χ2v) is 5.73. The molecule has 0 radical (unpaired) electrons. The first-order valence-corrected chi connectivity index (χ1v) is 6.31. The number of hydrogen-bond acceptors (Lipinski definition) is 2. The van der Waals surface area contributed by atoms with Crippen molar-refractivity contribution in [2.24, 2.45) is 5.41 Å². The van der Waals surface area contributed by atoms with E-state index in [-0.39, 0.29) is 0 Å². The maximum atomic E-state index is 4.24. The first kappa shape index (κ1) is 11.6. The standard InChI is InChI=1S/C13H23N3/c1-11(10-16-9-5-8-14-16)15-12-6-4-7-13(12,2)3/h5,8-9,11-12,15H,4,6-7,10H2,1-3H3. The van der Waals surface area contributed by atoms with Gasteiger partial charge in [0, 0.05) is 24.5 Å². The molecule has 0 amide bonds. The highest BCUT2D eigenvalue weighted by Crippen LogP contribution is 2.37. The Kier molecular flexibility index (Phi) is 3.33. The Hall–Kier alpha value is -0.830. The van der Waals surface area contributed by atoms with Gasteiger partial charge in [-0.3, -0.25) is 4.68 Å². The van der Waals surface area contributed by atoms with Crippen LogP contribution < -0.4 is 5.32 Å². The summed E-state index contributed by atoms with van der Waals surface area (Å²) in [4.78, 5) is 0. The van der Waals surface area contributed by atoms with Gasteiger partial charge in [0.25, 0.3) is 0 Å². The first-order valence-electron chi connectivity index (χ1n) is 6.31. The Morgan fingerprint density at radius 1 is 1.56 bits per heavy atom. The normalized spacial score (nSPS) is 25.8. The summed E-state index contributed by atoms with van der Waals surface area (Å²) >= 11 is 0.